The highest BCUT2D eigenvalue weighted by Gasteiger charge is 1.97. The van der Waals surface area contributed by atoms with Crippen LogP contribution in [0.25, 0.3) is 0 Å². The van der Waals surface area contributed by atoms with Gasteiger partial charge in [0.15, 0.2) is 0 Å². The molecule has 72 valence electrons. The summed E-state index contributed by atoms with van der Waals surface area (Å²) < 4.78 is 0. The summed E-state index contributed by atoms with van der Waals surface area (Å²) >= 11 is 1.10. The van der Waals surface area contributed by atoms with Crippen LogP contribution in [0, 0.1) is 0 Å². The van der Waals surface area contributed by atoms with Gasteiger partial charge in [0.05, 0.1) is 6.42 Å². The van der Waals surface area contributed by atoms with E-state index in [2.05, 4.69) is 10.3 Å². The Morgan fingerprint density at radius 1 is 1.69 bits per heavy atom. The quantitative estimate of drug-likeness (QED) is 0.587. The topological polar surface area (TPSA) is 82.2 Å². The third-order valence-electron chi connectivity index (χ3n) is 1.40. The van der Waals surface area contributed by atoms with Gasteiger partial charge in [-0.2, -0.15) is 0 Å². The summed E-state index contributed by atoms with van der Waals surface area (Å²) in [6, 6.07) is 0. The average Bonchev–Trinajstić information content (AvgIpc) is 2.45. The molecule has 1 rings (SSSR count). The van der Waals surface area contributed by atoms with Crippen LogP contribution in [0.1, 0.15) is 12.1 Å². The van der Waals surface area contributed by atoms with E-state index in [0.29, 0.717) is 13.1 Å². The Hall–Kier alpha value is -1.14. The van der Waals surface area contributed by atoms with Gasteiger partial charge in [0.25, 0.3) is 0 Å². The van der Waals surface area contributed by atoms with Crippen molar-refractivity contribution < 1.29 is 9.90 Å². The Labute approximate surface area is 78.4 Å². The maximum absolute atomic E-state index is 10.7. The largest absolute Gasteiger partial charge is 0.481 e. The van der Waals surface area contributed by atoms with E-state index < -0.39 is 5.97 Å². The first-order valence-electron chi connectivity index (χ1n) is 3.77. The van der Waals surface area contributed by atoms with E-state index in [1.807, 2.05) is 0 Å². The first kappa shape index (κ1) is 9.94. The number of aliphatic carboxylic acids is 1. The van der Waals surface area contributed by atoms with Crippen molar-refractivity contribution in [3.8, 4) is 0 Å². The van der Waals surface area contributed by atoms with Crippen molar-refractivity contribution in [2.24, 2.45) is 0 Å². The number of carboxylic acids is 1. The van der Waals surface area contributed by atoms with Crippen molar-refractivity contribution in [3.63, 3.8) is 0 Å². The molecule has 0 aromatic carbocycles. The normalized spacial score (nSPS) is 10.2. The molecule has 0 spiro atoms. The van der Waals surface area contributed by atoms with E-state index in [1.165, 1.54) is 0 Å². The summed E-state index contributed by atoms with van der Waals surface area (Å²) in [4.78, 5) is 23.3. The van der Waals surface area contributed by atoms with Gasteiger partial charge in [-0.25, -0.2) is 0 Å². The molecular weight excluding hydrogens is 192 g/mol. The van der Waals surface area contributed by atoms with Crippen LogP contribution >= 0.6 is 11.3 Å². The Morgan fingerprint density at radius 3 is 3.00 bits per heavy atom. The summed E-state index contributed by atoms with van der Waals surface area (Å²) in [6.45, 7) is 0.916. The van der Waals surface area contributed by atoms with Gasteiger partial charge >= 0.3 is 10.8 Å². The second-order valence-electron chi connectivity index (χ2n) is 2.49. The summed E-state index contributed by atoms with van der Waals surface area (Å²) in [5.74, 6) is -0.827. The number of aromatic nitrogens is 1. The highest BCUT2D eigenvalue weighted by atomic mass is 32.1. The van der Waals surface area contributed by atoms with Gasteiger partial charge in [-0.15, -0.1) is 0 Å². The van der Waals surface area contributed by atoms with Crippen molar-refractivity contribution in [1.29, 1.82) is 0 Å². The highest BCUT2D eigenvalue weighted by molar-refractivity contribution is 7.07. The molecule has 1 aromatic rings. The average molecular weight is 202 g/mol. The van der Waals surface area contributed by atoms with Gasteiger partial charge in [0, 0.05) is 24.2 Å². The molecule has 6 heteroatoms. The smallest absolute Gasteiger partial charge is 0.304 e. The number of carbonyl (C=O) groups is 1. The molecule has 0 amide bonds. The lowest BCUT2D eigenvalue weighted by molar-refractivity contribution is -0.136. The van der Waals surface area contributed by atoms with Crippen LogP contribution < -0.4 is 10.2 Å². The Bertz CT molecular complexity index is 330. The fourth-order valence-electron chi connectivity index (χ4n) is 0.819. The fourth-order valence-corrected chi connectivity index (χ4v) is 1.40. The summed E-state index contributed by atoms with van der Waals surface area (Å²) in [5.41, 5.74) is 0.792. The van der Waals surface area contributed by atoms with Gasteiger partial charge in [-0.3, -0.25) is 9.59 Å². The van der Waals surface area contributed by atoms with Crippen LogP contribution in [0.2, 0.25) is 0 Å². The van der Waals surface area contributed by atoms with E-state index in [-0.39, 0.29) is 11.3 Å². The van der Waals surface area contributed by atoms with Crippen molar-refractivity contribution in [1.82, 2.24) is 10.3 Å². The minimum atomic E-state index is -0.827. The van der Waals surface area contributed by atoms with Gasteiger partial charge < -0.3 is 15.4 Å². The molecule has 0 fully saturated rings. The van der Waals surface area contributed by atoms with Gasteiger partial charge in [-0.1, -0.05) is 11.3 Å². The standard InChI is InChI=1S/C7H10N2O3S/c10-6(11)1-2-8-3-5-4-13-7(12)9-5/h4,8H,1-3H2,(H,9,12)(H,10,11). The van der Waals surface area contributed by atoms with Gasteiger partial charge in [0.2, 0.25) is 0 Å². The second-order valence-corrected chi connectivity index (χ2v) is 3.34. The van der Waals surface area contributed by atoms with Crippen LogP contribution in [0.15, 0.2) is 10.2 Å². The molecule has 0 unspecified atom stereocenters. The van der Waals surface area contributed by atoms with Gasteiger partial charge in [0.1, 0.15) is 0 Å². The number of hydrogen-bond donors (Lipinski definition) is 3. The van der Waals surface area contributed by atoms with E-state index in [1.54, 1.807) is 5.38 Å². The summed E-state index contributed by atoms with van der Waals surface area (Å²) in [5, 5.41) is 12.9. The maximum atomic E-state index is 10.7. The molecule has 1 aromatic heterocycles. The number of H-pyrrole nitrogens is 1. The van der Waals surface area contributed by atoms with E-state index in [4.69, 9.17) is 5.11 Å². The lowest BCUT2D eigenvalue weighted by Gasteiger charge is -1.98. The lowest BCUT2D eigenvalue weighted by atomic mass is 10.4. The minimum Gasteiger partial charge on any atom is -0.481 e. The number of hydrogen-bond acceptors (Lipinski definition) is 4. The van der Waals surface area contributed by atoms with Crippen LogP contribution in [0.3, 0.4) is 0 Å². The third-order valence-corrected chi connectivity index (χ3v) is 2.12. The van der Waals surface area contributed by atoms with Crippen molar-refractivity contribution in [2.45, 2.75) is 13.0 Å². The molecule has 0 saturated heterocycles. The fraction of sp³-hybridized carbons (Fsp3) is 0.429. The number of nitrogens with one attached hydrogen (secondary N) is 2. The molecule has 0 aliphatic heterocycles. The third kappa shape index (κ3) is 3.86. The monoisotopic (exact) mass is 202 g/mol. The molecule has 13 heavy (non-hydrogen) atoms. The van der Waals surface area contributed by atoms with Crippen molar-refractivity contribution in [2.75, 3.05) is 6.54 Å². The SMILES string of the molecule is O=C(O)CCNCc1csc(=O)[nH]1. The molecule has 0 atom stereocenters. The van der Waals surface area contributed by atoms with Crippen molar-refractivity contribution in [3.05, 3.63) is 20.7 Å². The predicted octanol–water partition coefficient (Wildman–Crippen LogP) is 0.000700. The zero-order chi connectivity index (χ0) is 9.68. The highest BCUT2D eigenvalue weighted by Crippen LogP contribution is 1.93. The van der Waals surface area contributed by atoms with Crippen LogP contribution in [-0.4, -0.2) is 22.6 Å². The minimum absolute atomic E-state index is 0.0879. The lowest BCUT2D eigenvalue weighted by Crippen LogP contribution is -2.18. The van der Waals surface area contributed by atoms with Crippen LogP contribution in [0.4, 0.5) is 0 Å². The molecule has 0 bridgehead atoms. The number of rotatable bonds is 5. The van der Waals surface area contributed by atoms with Gasteiger partial charge in [-0.05, 0) is 0 Å². The number of thiazole rings is 1. The summed E-state index contributed by atoms with van der Waals surface area (Å²) in [7, 11) is 0. The van der Waals surface area contributed by atoms with E-state index in [0.717, 1.165) is 17.0 Å². The molecule has 5 nitrogen and oxygen atoms in total. The van der Waals surface area contributed by atoms with Crippen molar-refractivity contribution >= 4 is 17.3 Å². The zero-order valence-corrected chi connectivity index (χ0v) is 7.69. The van der Waals surface area contributed by atoms with Crippen LogP contribution in [-0.2, 0) is 11.3 Å². The first-order chi connectivity index (χ1) is 6.18. The van der Waals surface area contributed by atoms with Crippen LogP contribution in [0.5, 0.6) is 0 Å². The zero-order valence-electron chi connectivity index (χ0n) is 6.87. The maximum Gasteiger partial charge on any atom is 0.304 e. The molecule has 0 aliphatic rings. The second kappa shape index (κ2) is 4.78. The molecule has 3 N–H and O–H groups in total. The Balaban J connectivity index is 2.20. The van der Waals surface area contributed by atoms with E-state index in [9.17, 15) is 9.59 Å². The number of aromatic amines is 1. The first-order valence-corrected chi connectivity index (χ1v) is 4.65. The predicted molar refractivity (Wildman–Crippen MR) is 48.9 cm³/mol. The Morgan fingerprint density at radius 2 is 2.46 bits per heavy atom. The Kier molecular flexibility index (Phi) is 3.66. The van der Waals surface area contributed by atoms with E-state index >= 15 is 0 Å². The summed E-state index contributed by atoms with van der Waals surface area (Å²) in [6.07, 6.45) is 0.0916. The number of carboxylic acid groups (broad SMARTS) is 1. The molecule has 0 aliphatic carbocycles. The molecule has 1 heterocycles. The molecule has 0 saturated carbocycles. The molecular formula is C7H10N2O3S. The molecule has 0 radical (unpaired) electrons.